The number of nitrogens with zero attached hydrogens (tertiary/aromatic N) is 2. The van der Waals surface area contributed by atoms with Crippen molar-refractivity contribution < 1.29 is 13.9 Å². The van der Waals surface area contributed by atoms with Crippen LogP contribution in [0.3, 0.4) is 0 Å². The summed E-state index contributed by atoms with van der Waals surface area (Å²) in [5.41, 5.74) is 1.67. The van der Waals surface area contributed by atoms with Crippen molar-refractivity contribution in [2.24, 2.45) is 0 Å². The van der Waals surface area contributed by atoms with E-state index in [1.165, 1.54) is 12.3 Å². The summed E-state index contributed by atoms with van der Waals surface area (Å²) < 4.78 is 10.9. The number of aromatic nitrogens is 1. The Morgan fingerprint density at radius 1 is 1.24 bits per heavy atom. The van der Waals surface area contributed by atoms with Crippen LogP contribution in [0.2, 0.25) is 0 Å². The Hall–Kier alpha value is -2.99. The highest BCUT2D eigenvalue weighted by Gasteiger charge is 2.18. The van der Waals surface area contributed by atoms with Crippen LogP contribution >= 0.6 is 0 Å². The summed E-state index contributed by atoms with van der Waals surface area (Å²) >= 11 is 0. The Morgan fingerprint density at radius 2 is 2.04 bits per heavy atom. The first-order valence-corrected chi connectivity index (χ1v) is 7.80. The summed E-state index contributed by atoms with van der Waals surface area (Å²) in [6.07, 6.45) is 1.53. The van der Waals surface area contributed by atoms with Gasteiger partial charge in [-0.3, -0.25) is 0 Å². The second-order valence-electron chi connectivity index (χ2n) is 6.01. The second-order valence-corrected chi connectivity index (χ2v) is 6.01. The molecule has 6 heteroatoms. The molecular formula is C19H18N2O4. The molecule has 25 heavy (non-hydrogen) atoms. The Kier molecular flexibility index (Phi) is 4.63. The van der Waals surface area contributed by atoms with Gasteiger partial charge in [-0.2, -0.15) is 0 Å². The van der Waals surface area contributed by atoms with Crippen LogP contribution in [0, 0.1) is 6.92 Å². The molecule has 2 aromatic heterocycles. The molecular weight excluding hydrogens is 320 g/mol. The molecule has 0 radical (unpaired) electrons. The number of esters is 1. The van der Waals surface area contributed by atoms with Gasteiger partial charge in [-0.25, -0.2) is 14.6 Å². The van der Waals surface area contributed by atoms with Gasteiger partial charge in [-0.15, -0.1) is 0 Å². The predicted molar refractivity (Wildman–Crippen MR) is 93.8 cm³/mol. The average molecular weight is 338 g/mol. The summed E-state index contributed by atoms with van der Waals surface area (Å²) in [5.74, 6) is -0.208. The average Bonchev–Trinajstić information content (AvgIpc) is 2.57. The largest absolute Gasteiger partial charge is 0.422 e. The van der Waals surface area contributed by atoms with E-state index in [2.05, 4.69) is 4.98 Å². The molecule has 0 unspecified atom stereocenters. The monoisotopic (exact) mass is 338 g/mol. The van der Waals surface area contributed by atoms with Crippen LogP contribution in [-0.4, -0.2) is 29.9 Å². The van der Waals surface area contributed by atoms with Crippen LogP contribution in [0.5, 0.6) is 5.75 Å². The van der Waals surface area contributed by atoms with Crippen molar-refractivity contribution in [2.75, 3.05) is 14.1 Å². The van der Waals surface area contributed by atoms with E-state index in [4.69, 9.17) is 9.15 Å². The van der Waals surface area contributed by atoms with Crippen LogP contribution < -0.4 is 10.4 Å². The minimum absolute atomic E-state index is 0.212. The van der Waals surface area contributed by atoms with E-state index in [9.17, 15) is 9.59 Å². The first-order chi connectivity index (χ1) is 12.0. The van der Waals surface area contributed by atoms with Gasteiger partial charge in [0.25, 0.3) is 0 Å². The lowest BCUT2D eigenvalue weighted by molar-refractivity contribution is 0.0726. The highest BCUT2D eigenvalue weighted by atomic mass is 16.5. The number of rotatable bonds is 4. The van der Waals surface area contributed by atoms with Crippen LogP contribution in [0.25, 0.3) is 11.0 Å². The van der Waals surface area contributed by atoms with Crippen molar-refractivity contribution >= 4 is 16.9 Å². The van der Waals surface area contributed by atoms with Crippen molar-refractivity contribution in [2.45, 2.75) is 13.5 Å². The Morgan fingerprint density at radius 3 is 2.72 bits per heavy atom. The quantitative estimate of drug-likeness (QED) is 0.414. The molecule has 1 aromatic carbocycles. The van der Waals surface area contributed by atoms with Crippen molar-refractivity contribution in [1.29, 1.82) is 0 Å². The highest BCUT2D eigenvalue weighted by molar-refractivity contribution is 5.91. The van der Waals surface area contributed by atoms with E-state index in [1.54, 1.807) is 30.3 Å². The molecule has 0 saturated carbocycles. The van der Waals surface area contributed by atoms with Crippen LogP contribution in [0.15, 0.2) is 51.8 Å². The molecule has 0 bridgehead atoms. The lowest BCUT2D eigenvalue weighted by Crippen LogP contribution is -2.16. The lowest BCUT2D eigenvalue weighted by atomic mass is 10.1. The Labute approximate surface area is 144 Å². The molecule has 0 spiro atoms. The SMILES string of the molecule is Cc1cc(=O)oc2c(CN(C)C)c(OC(=O)c3ccccn3)ccc12. The fourth-order valence-electron chi connectivity index (χ4n) is 2.62. The third-order valence-corrected chi connectivity index (χ3v) is 3.73. The molecule has 0 atom stereocenters. The smallest absolute Gasteiger partial charge is 0.362 e. The van der Waals surface area contributed by atoms with Crippen molar-refractivity contribution in [3.63, 3.8) is 0 Å². The second kappa shape index (κ2) is 6.86. The lowest BCUT2D eigenvalue weighted by Gasteiger charge is -2.16. The van der Waals surface area contributed by atoms with Crippen LogP contribution in [-0.2, 0) is 6.54 Å². The minimum Gasteiger partial charge on any atom is -0.422 e. The molecule has 6 nitrogen and oxygen atoms in total. The van der Waals surface area contributed by atoms with Crippen LogP contribution in [0.1, 0.15) is 21.6 Å². The van der Waals surface area contributed by atoms with Gasteiger partial charge in [-0.05, 0) is 50.8 Å². The molecule has 0 fully saturated rings. The first kappa shape index (κ1) is 16.9. The molecule has 2 heterocycles. The van der Waals surface area contributed by atoms with Gasteiger partial charge in [-0.1, -0.05) is 6.07 Å². The maximum atomic E-state index is 12.3. The molecule has 0 aliphatic rings. The predicted octanol–water partition coefficient (Wildman–Crippen LogP) is 2.78. The van der Waals surface area contributed by atoms with Crippen molar-refractivity contribution in [3.05, 3.63) is 69.8 Å². The number of pyridine rings is 1. The van der Waals surface area contributed by atoms with Gasteiger partial charge in [0.05, 0.1) is 5.56 Å². The number of ether oxygens (including phenoxy) is 1. The van der Waals surface area contributed by atoms with E-state index in [0.717, 1.165) is 10.9 Å². The normalized spacial score (nSPS) is 11.0. The van der Waals surface area contributed by atoms with Gasteiger partial charge in [0.2, 0.25) is 0 Å². The summed E-state index contributed by atoms with van der Waals surface area (Å²) in [7, 11) is 3.77. The summed E-state index contributed by atoms with van der Waals surface area (Å²) in [6, 6.07) is 9.97. The zero-order valence-electron chi connectivity index (χ0n) is 14.3. The Bertz CT molecular complexity index is 978. The first-order valence-electron chi connectivity index (χ1n) is 7.80. The standard InChI is InChI=1S/C19H18N2O4/c1-12-10-17(22)25-18-13(12)7-8-16(14(18)11-21(2)3)24-19(23)15-6-4-5-9-20-15/h4-10H,11H2,1-3H3. The molecule has 0 aliphatic heterocycles. The molecule has 128 valence electrons. The number of carbonyl (C=O) groups is 1. The van der Waals surface area contributed by atoms with Gasteiger partial charge in [0.15, 0.2) is 0 Å². The van der Waals surface area contributed by atoms with Crippen LogP contribution in [0.4, 0.5) is 0 Å². The van der Waals surface area contributed by atoms with E-state index < -0.39 is 11.6 Å². The maximum absolute atomic E-state index is 12.3. The van der Waals surface area contributed by atoms with E-state index in [0.29, 0.717) is 23.4 Å². The van der Waals surface area contributed by atoms with Gasteiger partial charge >= 0.3 is 11.6 Å². The molecule has 0 saturated heterocycles. The van der Waals surface area contributed by atoms with Gasteiger partial charge in [0.1, 0.15) is 17.0 Å². The number of aryl methyl sites for hydroxylation is 1. The Balaban J connectivity index is 2.11. The highest BCUT2D eigenvalue weighted by Crippen LogP contribution is 2.30. The summed E-state index contributed by atoms with van der Waals surface area (Å²) in [6.45, 7) is 2.30. The fourth-order valence-corrected chi connectivity index (χ4v) is 2.62. The third-order valence-electron chi connectivity index (χ3n) is 3.73. The van der Waals surface area contributed by atoms with Gasteiger partial charge in [0, 0.05) is 24.2 Å². The zero-order valence-corrected chi connectivity index (χ0v) is 14.3. The molecule has 3 aromatic rings. The van der Waals surface area contributed by atoms with Gasteiger partial charge < -0.3 is 14.1 Å². The molecule has 0 aliphatic carbocycles. The van der Waals surface area contributed by atoms with E-state index in [-0.39, 0.29) is 5.69 Å². The third kappa shape index (κ3) is 3.59. The topological polar surface area (TPSA) is 72.6 Å². The zero-order chi connectivity index (χ0) is 18.0. The fraction of sp³-hybridized carbons (Fsp3) is 0.211. The molecule has 3 rings (SSSR count). The minimum atomic E-state index is -0.560. The van der Waals surface area contributed by atoms with E-state index in [1.807, 2.05) is 25.9 Å². The number of benzene rings is 1. The van der Waals surface area contributed by atoms with Crippen molar-refractivity contribution in [3.8, 4) is 5.75 Å². The molecule has 0 N–H and O–H groups in total. The van der Waals surface area contributed by atoms with Crippen molar-refractivity contribution in [1.82, 2.24) is 9.88 Å². The summed E-state index contributed by atoms with van der Waals surface area (Å²) in [4.78, 5) is 30.0. The number of hydrogen-bond acceptors (Lipinski definition) is 6. The number of fused-ring (bicyclic) bond motifs is 1. The molecule has 0 amide bonds. The number of carbonyl (C=O) groups excluding carboxylic acids is 1. The summed E-state index contributed by atoms with van der Waals surface area (Å²) in [5, 5.41) is 0.814. The van der Waals surface area contributed by atoms with E-state index >= 15 is 0 Å². The number of hydrogen-bond donors (Lipinski definition) is 0. The maximum Gasteiger partial charge on any atom is 0.362 e.